The predicted octanol–water partition coefficient (Wildman–Crippen LogP) is 5.56. The number of nitrogens with one attached hydrogen (secondary N) is 1. The van der Waals surface area contributed by atoms with E-state index in [1.54, 1.807) is 7.05 Å². The monoisotopic (exact) mass is 490 g/mol. The van der Waals surface area contributed by atoms with Gasteiger partial charge in [0.1, 0.15) is 6.07 Å². The zero-order chi connectivity index (χ0) is 26.5. The van der Waals surface area contributed by atoms with E-state index in [9.17, 15) is 19.6 Å². The highest BCUT2D eigenvalue weighted by Gasteiger charge is 2.70. The molecule has 0 aromatic rings. The minimum absolute atomic E-state index is 0.0182. The van der Waals surface area contributed by atoms with Crippen molar-refractivity contribution >= 4 is 17.5 Å². The summed E-state index contributed by atoms with van der Waals surface area (Å²) in [6.07, 6.45) is 10.0. The number of nitriles is 1. The fourth-order valence-corrected chi connectivity index (χ4v) is 9.90. The van der Waals surface area contributed by atoms with E-state index in [1.165, 1.54) is 0 Å². The zero-order valence-electron chi connectivity index (χ0n) is 23.1. The average Bonchev–Trinajstić information content (AvgIpc) is 2.82. The topological polar surface area (TPSA) is 87.0 Å². The normalized spacial score (nSPS) is 47.2. The Bertz CT molecular complexity index is 1160. The first-order valence-corrected chi connectivity index (χ1v) is 13.9. The van der Waals surface area contributed by atoms with Gasteiger partial charge in [-0.3, -0.25) is 14.4 Å². The van der Waals surface area contributed by atoms with Crippen LogP contribution in [0.3, 0.4) is 0 Å². The van der Waals surface area contributed by atoms with Crippen molar-refractivity contribution in [2.75, 3.05) is 7.05 Å². The van der Waals surface area contributed by atoms with Gasteiger partial charge in [-0.25, -0.2) is 0 Å². The van der Waals surface area contributed by atoms with Gasteiger partial charge in [-0.2, -0.15) is 5.26 Å². The minimum atomic E-state index is -0.490. The van der Waals surface area contributed by atoms with Crippen molar-refractivity contribution in [1.82, 2.24) is 5.32 Å². The third-order valence-electron chi connectivity index (χ3n) is 12.2. The Morgan fingerprint density at radius 3 is 2.33 bits per heavy atom. The fourth-order valence-electron chi connectivity index (χ4n) is 9.90. The highest BCUT2D eigenvalue weighted by atomic mass is 16.2. The Balaban J connectivity index is 1.69. The molecule has 1 N–H and O–H groups in total. The van der Waals surface area contributed by atoms with Crippen molar-refractivity contribution in [1.29, 1.82) is 5.26 Å². The lowest BCUT2D eigenvalue weighted by atomic mass is 9.34. The fraction of sp³-hybridized carbons (Fsp3) is 0.742. The third kappa shape index (κ3) is 2.96. The highest BCUT2D eigenvalue weighted by Crippen LogP contribution is 2.73. The van der Waals surface area contributed by atoms with Crippen LogP contribution in [0.2, 0.25) is 0 Å². The number of ketones is 2. The van der Waals surface area contributed by atoms with E-state index < -0.39 is 10.8 Å². The largest absolute Gasteiger partial charge is 0.359 e. The molecule has 0 radical (unpaired) electrons. The summed E-state index contributed by atoms with van der Waals surface area (Å²) in [4.78, 5) is 40.6. The number of nitrogens with zero attached hydrogens (tertiary/aromatic N) is 1. The van der Waals surface area contributed by atoms with Crippen molar-refractivity contribution in [3.63, 3.8) is 0 Å². The molecule has 3 saturated carbocycles. The van der Waals surface area contributed by atoms with Crippen LogP contribution in [0.1, 0.15) is 86.5 Å². The maximum atomic E-state index is 14.3. The molecule has 2 unspecified atom stereocenters. The first kappa shape index (κ1) is 25.4. The molecule has 1 amide bonds. The van der Waals surface area contributed by atoms with Crippen molar-refractivity contribution in [2.24, 2.45) is 50.7 Å². The molecule has 5 aliphatic rings. The smallest absolute Gasteiger partial charge is 0.226 e. The van der Waals surface area contributed by atoms with Crippen molar-refractivity contribution in [3.05, 3.63) is 23.3 Å². The van der Waals surface area contributed by atoms with Gasteiger partial charge in [0.05, 0.1) is 11.0 Å². The zero-order valence-corrected chi connectivity index (χ0v) is 23.1. The number of rotatable bonds is 1. The molecule has 0 heterocycles. The SMILES string of the molecule is CNC(=O)[C@]12CCC(C)(C)CC1C1C(=O)C=C3[C@@]4(C)C=C(C#N)C(=O)[C@@H](C)[C@@H]4CC[C@@]3(C)[C@]1(C)CC2. The van der Waals surface area contributed by atoms with Crippen molar-refractivity contribution < 1.29 is 14.4 Å². The lowest BCUT2D eigenvalue weighted by molar-refractivity contribution is -0.177. The summed E-state index contributed by atoms with van der Waals surface area (Å²) in [6.45, 7) is 13.3. The number of allylic oxidation sites excluding steroid dienone is 4. The molecular formula is C31H42N2O3. The van der Waals surface area contributed by atoms with Crippen LogP contribution in [0.15, 0.2) is 23.3 Å². The number of Topliss-reactive ketones (excluding diaryl/α,β-unsaturated/α-hetero) is 1. The predicted molar refractivity (Wildman–Crippen MR) is 138 cm³/mol. The summed E-state index contributed by atoms with van der Waals surface area (Å²) in [6, 6.07) is 2.15. The van der Waals surface area contributed by atoms with Gasteiger partial charge in [0.25, 0.3) is 0 Å². The van der Waals surface area contributed by atoms with E-state index in [2.05, 4.69) is 46.0 Å². The molecule has 5 heteroatoms. The first-order valence-electron chi connectivity index (χ1n) is 13.9. The second-order valence-corrected chi connectivity index (χ2v) is 14.1. The lowest BCUT2D eigenvalue weighted by Gasteiger charge is -2.68. The number of hydrogen-bond donors (Lipinski definition) is 1. The molecule has 0 bridgehead atoms. The van der Waals surface area contributed by atoms with Crippen LogP contribution in [0.4, 0.5) is 0 Å². The van der Waals surface area contributed by atoms with Gasteiger partial charge in [-0.1, -0.05) is 53.2 Å². The molecule has 0 aromatic heterocycles. The Kier molecular flexibility index (Phi) is 5.40. The lowest BCUT2D eigenvalue weighted by Crippen LogP contribution is -2.66. The Hall–Kier alpha value is -2.22. The van der Waals surface area contributed by atoms with E-state index in [0.717, 1.165) is 50.5 Å². The third-order valence-corrected chi connectivity index (χ3v) is 12.2. The molecule has 0 saturated heterocycles. The van der Waals surface area contributed by atoms with Gasteiger partial charge in [0.2, 0.25) is 5.91 Å². The van der Waals surface area contributed by atoms with Gasteiger partial charge in [-0.15, -0.1) is 0 Å². The average molecular weight is 491 g/mol. The molecule has 5 rings (SSSR count). The van der Waals surface area contributed by atoms with Gasteiger partial charge in [0, 0.05) is 24.3 Å². The maximum Gasteiger partial charge on any atom is 0.226 e. The summed E-state index contributed by atoms with van der Waals surface area (Å²) in [5.41, 5.74) is -0.0261. The molecule has 36 heavy (non-hydrogen) atoms. The Labute approximate surface area is 216 Å². The van der Waals surface area contributed by atoms with Gasteiger partial charge in [0.15, 0.2) is 11.6 Å². The number of hydrogen-bond acceptors (Lipinski definition) is 4. The van der Waals surface area contributed by atoms with E-state index in [4.69, 9.17) is 0 Å². The standard InChI is InChI=1S/C31H42N2O3/c1-18-20-8-9-29(5)23(28(20,4)15-19(17-32)25(18)35)14-22(34)24-21-16-27(2,3)10-12-31(21,26(36)33-7)13-11-30(24,29)6/h14-15,18,20-21,24H,8-13,16H2,1-7H3,(H,33,36)/t18-,20-,21?,24?,28-,29+,30+,31-/m0/s1. The van der Waals surface area contributed by atoms with Crippen molar-refractivity contribution in [2.45, 2.75) is 86.5 Å². The van der Waals surface area contributed by atoms with Gasteiger partial charge in [-0.05, 0) is 79.1 Å². The molecular weight excluding hydrogens is 448 g/mol. The van der Waals surface area contributed by atoms with E-state index in [-0.39, 0.29) is 63.0 Å². The molecule has 194 valence electrons. The van der Waals surface area contributed by atoms with E-state index in [0.29, 0.717) is 0 Å². The second kappa shape index (κ2) is 7.65. The molecule has 0 aromatic carbocycles. The number of carbonyl (C=O) groups excluding carboxylic acids is 3. The van der Waals surface area contributed by atoms with Crippen LogP contribution in [-0.2, 0) is 14.4 Å². The van der Waals surface area contributed by atoms with Gasteiger partial charge < -0.3 is 5.32 Å². The van der Waals surface area contributed by atoms with Crippen LogP contribution in [0, 0.1) is 62.1 Å². The Morgan fingerprint density at radius 1 is 1.03 bits per heavy atom. The maximum absolute atomic E-state index is 14.3. The van der Waals surface area contributed by atoms with Crippen LogP contribution in [0.5, 0.6) is 0 Å². The molecule has 0 spiro atoms. The van der Waals surface area contributed by atoms with Crippen molar-refractivity contribution in [3.8, 4) is 6.07 Å². The molecule has 8 atom stereocenters. The summed E-state index contributed by atoms with van der Waals surface area (Å²) in [5.74, 6) is -0.117. The van der Waals surface area contributed by atoms with E-state index >= 15 is 0 Å². The van der Waals surface area contributed by atoms with E-state index in [1.807, 2.05) is 19.1 Å². The molecule has 3 fully saturated rings. The summed E-state index contributed by atoms with van der Waals surface area (Å²) < 4.78 is 0. The quantitative estimate of drug-likeness (QED) is 0.521. The minimum Gasteiger partial charge on any atom is -0.359 e. The highest BCUT2D eigenvalue weighted by molar-refractivity contribution is 6.02. The number of fused-ring (bicyclic) bond motifs is 7. The second-order valence-electron chi connectivity index (χ2n) is 14.1. The van der Waals surface area contributed by atoms with Crippen LogP contribution < -0.4 is 5.32 Å². The summed E-state index contributed by atoms with van der Waals surface area (Å²) in [7, 11) is 1.73. The molecule has 5 aliphatic carbocycles. The molecule has 5 nitrogen and oxygen atoms in total. The van der Waals surface area contributed by atoms with Crippen LogP contribution in [0.25, 0.3) is 0 Å². The Morgan fingerprint density at radius 2 is 1.69 bits per heavy atom. The first-order chi connectivity index (χ1) is 16.7. The molecule has 0 aliphatic heterocycles. The van der Waals surface area contributed by atoms with Crippen LogP contribution >= 0.6 is 0 Å². The summed E-state index contributed by atoms with van der Waals surface area (Å²) >= 11 is 0. The number of carbonyl (C=O) groups is 3. The van der Waals surface area contributed by atoms with Crippen LogP contribution in [-0.4, -0.2) is 24.5 Å². The number of amides is 1. The summed E-state index contributed by atoms with van der Waals surface area (Å²) in [5, 5.41) is 12.7. The van der Waals surface area contributed by atoms with Gasteiger partial charge >= 0.3 is 0 Å².